The lowest BCUT2D eigenvalue weighted by Gasteiger charge is -1.95. The van der Waals surface area contributed by atoms with Crippen molar-refractivity contribution in [2.24, 2.45) is 0 Å². The summed E-state index contributed by atoms with van der Waals surface area (Å²) in [5, 5.41) is 14.8. The third-order valence-electron chi connectivity index (χ3n) is 2.66. The van der Waals surface area contributed by atoms with E-state index < -0.39 is 16.6 Å². The van der Waals surface area contributed by atoms with Gasteiger partial charge in [-0.25, -0.2) is 18.3 Å². The minimum atomic E-state index is -0.770. The maximum Gasteiger partial charge on any atom is 0.313 e. The number of nitrogens with zero attached hydrogens (tertiary/aromatic N) is 4. The van der Waals surface area contributed by atoms with Crippen molar-refractivity contribution in [1.29, 1.82) is 0 Å². The Hall–Kier alpha value is -2.90. The summed E-state index contributed by atoms with van der Waals surface area (Å²) in [6.45, 7) is 0. The number of pyridine rings is 1. The summed E-state index contributed by atoms with van der Waals surface area (Å²) in [6.07, 6.45) is 1.47. The van der Waals surface area contributed by atoms with Gasteiger partial charge in [-0.3, -0.25) is 10.1 Å². The van der Waals surface area contributed by atoms with Crippen molar-refractivity contribution in [2.45, 2.75) is 0 Å². The second kappa shape index (κ2) is 4.34. The summed E-state index contributed by atoms with van der Waals surface area (Å²) in [4.78, 5) is 14.2. The van der Waals surface area contributed by atoms with E-state index in [1.165, 1.54) is 22.8 Å². The minimum Gasteiger partial charge on any atom is -0.258 e. The van der Waals surface area contributed by atoms with Gasteiger partial charge >= 0.3 is 5.69 Å². The molecule has 0 atom stereocenters. The van der Waals surface area contributed by atoms with E-state index in [0.717, 1.165) is 18.2 Å². The van der Waals surface area contributed by atoms with Crippen molar-refractivity contribution in [3.8, 4) is 11.4 Å². The Morgan fingerprint density at radius 2 is 1.90 bits per heavy atom. The summed E-state index contributed by atoms with van der Waals surface area (Å²) in [5.74, 6) is -1.53. The van der Waals surface area contributed by atoms with Crippen LogP contribution in [0.2, 0.25) is 0 Å². The summed E-state index contributed by atoms with van der Waals surface area (Å²) in [7, 11) is 0. The summed E-state index contributed by atoms with van der Waals surface area (Å²) < 4.78 is 27.5. The van der Waals surface area contributed by atoms with Gasteiger partial charge < -0.3 is 0 Å². The predicted octanol–water partition coefficient (Wildman–Crippen LogP) is 2.58. The van der Waals surface area contributed by atoms with Crippen LogP contribution in [0.3, 0.4) is 0 Å². The number of hydrogen-bond donors (Lipinski definition) is 0. The number of benzene rings is 1. The first-order valence-electron chi connectivity index (χ1n) is 5.51. The van der Waals surface area contributed by atoms with Crippen LogP contribution in [0.1, 0.15) is 0 Å². The third kappa shape index (κ3) is 1.96. The molecule has 8 heteroatoms. The Morgan fingerprint density at radius 3 is 2.55 bits per heavy atom. The third-order valence-corrected chi connectivity index (χ3v) is 2.66. The van der Waals surface area contributed by atoms with E-state index in [0.29, 0.717) is 0 Å². The molecule has 0 bridgehead atoms. The Kier molecular flexibility index (Phi) is 2.63. The van der Waals surface area contributed by atoms with E-state index in [-0.39, 0.29) is 22.7 Å². The maximum absolute atomic E-state index is 13.2. The molecule has 0 saturated carbocycles. The summed E-state index contributed by atoms with van der Waals surface area (Å²) in [5.41, 5.74) is -0.110. The summed E-state index contributed by atoms with van der Waals surface area (Å²) >= 11 is 0. The molecule has 100 valence electrons. The predicted molar refractivity (Wildman–Crippen MR) is 65.0 cm³/mol. The van der Waals surface area contributed by atoms with Crippen LogP contribution in [0.5, 0.6) is 0 Å². The molecule has 0 radical (unpaired) electrons. The highest BCUT2D eigenvalue weighted by Gasteiger charge is 2.17. The number of hydrogen-bond acceptors (Lipinski definition) is 4. The van der Waals surface area contributed by atoms with Gasteiger partial charge in [0.05, 0.1) is 4.92 Å². The Bertz CT molecular complexity index is 811. The first kappa shape index (κ1) is 12.2. The molecule has 0 spiro atoms. The van der Waals surface area contributed by atoms with E-state index in [4.69, 9.17) is 0 Å². The summed E-state index contributed by atoms with van der Waals surface area (Å²) in [6, 6.07) is 5.56. The molecule has 0 saturated heterocycles. The lowest BCUT2D eigenvalue weighted by Crippen LogP contribution is -1.93. The lowest BCUT2D eigenvalue weighted by atomic mass is 10.2. The van der Waals surface area contributed by atoms with Crippen LogP contribution >= 0.6 is 0 Å². The van der Waals surface area contributed by atoms with Gasteiger partial charge in [0.1, 0.15) is 11.6 Å². The molecule has 1 aromatic carbocycles. The van der Waals surface area contributed by atoms with Crippen LogP contribution < -0.4 is 0 Å². The van der Waals surface area contributed by atoms with E-state index in [2.05, 4.69) is 10.1 Å². The van der Waals surface area contributed by atoms with Crippen LogP contribution in [0.4, 0.5) is 14.5 Å². The van der Waals surface area contributed by atoms with Crippen molar-refractivity contribution >= 4 is 11.3 Å². The molecule has 0 aliphatic heterocycles. The molecular formula is C12H6F2N4O2. The highest BCUT2D eigenvalue weighted by Crippen LogP contribution is 2.23. The fourth-order valence-corrected chi connectivity index (χ4v) is 1.84. The van der Waals surface area contributed by atoms with E-state index >= 15 is 0 Å². The molecule has 0 N–H and O–H groups in total. The zero-order valence-electron chi connectivity index (χ0n) is 9.83. The van der Waals surface area contributed by atoms with E-state index in [1.54, 1.807) is 0 Å². The molecule has 2 heterocycles. The zero-order chi connectivity index (χ0) is 14.3. The van der Waals surface area contributed by atoms with E-state index in [9.17, 15) is 18.9 Å². The van der Waals surface area contributed by atoms with Crippen LogP contribution in [0.15, 0.2) is 36.5 Å². The molecule has 0 aliphatic carbocycles. The van der Waals surface area contributed by atoms with Crippen molar-refractivity contribution < 1.29 is 13.7 Å². The van der Waals surface area contributed by atoms with Gasteiger partial charge in [-0.2, -0.15) is 0 Å². The number of rotatable bonds is 2. The Balaban J connectivity index is 2.23. The Labute approximate surface area is 110 Å². The van der Waals surface area contributed by atoms with Gasteiger partial charge in [-0.05, 0) is 18.2 Å². The van der Waals surface area contributed by atoms with Gasteiger partial charge in [0.25, 0.3) is 0 Å². The fraction of sp³-hybridized carbons (Fsp3) is 0. The SMILES string of the molecule is O=[N+]([O-])c1cccn2nc(-c3cc(F)cc(F)c3)nc12. The van der Waals surface area contributed by atoms with Gasteiger partial charge in [0, 0.05) is 23.9 Å². The van der Waals surface area contributed by atoms with Crippen LogP contribution in [-0.4, -0.2) is 19.5 Å². The lowest BCUT2D eigenvalue weighted by molar-refractivity contribution is -0.383. The average molecular weight is 276 g/mol. The largest absolute Gasteiger partial charge is 0.313 e. The second-order valence-electron chi connectivity index (χ2n) is 4.01. The molecule has 0 aliphatic rings. The first-order valence-corrected chi connectivity index (χ1v) is 5.51. The smallest absolute Gasteiger partial charge is 0.258 e. The molecule has 0 unspecified atom stereocenters. The van der Waals surface area contributed by atoms with Gasteiger partial charge in [-0.1, -0.05) is 0 Å². The molecular weight excluding hydrogens is 270 g/mol. The molecule has 3 rings (SSSR count). The quantitative estimate of drug-likeness (QED) is 0.532. The van der Waals surface area contributed by atoms with Crippen LogP contribution in [0.25, 0.3) is 17.0 Å². The van der Waals surface area contributed by atoms with Gasteiger partial charge in [0.2, 0.25) is 5.65 Å². The minimum absolute atomic E-state index is 0.0113. The molecule has 0 fully saturated rings. The highest BCUT2D eigenvalue weighted by molar-refractivity contribution is 5.64. The molecule has 2 aromatic heterocycles. The van der Waals surface area contributed by atoms with Crippen molar-refractivity contribution in [3.63, 3.8) is 0 Å². The zero-order valence-corrected chi connectivity index (χ0v) is 9.83. The number of halogens is 2. The van der Waals surface area contributed by atoms with Gasteiger partial charge in [-0.15, -0.1) is 5.10 Å². The normalized spacial score (nSPS) is 10.9. The molecule has 3 aromatic rings. The monoisotopic (exact) mass is 276 g/mol. The molecule has 6 nitrogen and oxygen atoms in total. The van der Waals surface area contributed by atoms with Crippen molar-refractivity contribution in [2.75, 3.05) is 0 Å². The van der Waals surface area contributed by atoms with E-state index in [1.807, 2.05) is 0 Å². The maximum atomic E-state index is 13.2. The number of nitro groups is 1. The standard InChI is InChI=1S/C12H6F2N4O2/c13-8-4-7(5-9(14)6-8)11-15-12-10(18(19)20)2-1-3-17(12)16-11/h1-6H. The first-order chi connectivity index (χ1) is 9.54. The molecule has 20 heavy (non-hydrogen) atoms. The average Bonchev–Trinajstić information content (AvgIpc) is 2.80. The van der Waals surface area contributed by atoms with Crippen molar-refractivity contribution in [3.05, 3.63) is 58.3 Å². The number of aromatic nitrogens is 3. The topological polar surface area (TPSA) is 73.3 Å². The second-order valence-corrected chi connectivity index (χ2v) is 4.01. The van der Waals surface area contributed by atoms with Crippen LogP contribution in [0, 0.1) is 21.7 Å². The molecule has 0 amide bonds. The van der Waals surface area contributed by atoms with Crippen molar-refractivity contribution in [1.82, 2.24) is 14.6 Å². The van der Waals surface area contributed by atoms with Gasteiger partial charge in [0.15, 0.2) is 5.82 Å². The Morgan fingerprint density at radius 1 is 1.20 bits per heavy atom. The number of fused-ring (bicyclic) bond motifs is 1. The fourth-order valence-electron chi connectivity index (χ4n) is 1.84. The van der Waals surface area contributed by atoms with Crippen LogP contribution in [-0.2, 0) is 0 Å². The highest BCUT2D eigenvalue weighted by atomic mass is 19.1.